The Morgan fingerprint density at radius 2 is 1.53 bits per heavy atom. The Kier molecular flexibility index (Phi) is 7.16. The van der Waals surface area contributed by atoms with E-state index in [1.165, 1.54) is 49.4 Å². The number of anilines is 1. The van der Waals surface area contributed by atoms with Crippen molar-refractivity contribution in [1.82, 2.24) is 10.3 Å². The summed E-state index contributed by atoms with van der Waals surface area (Å²) in [6.45, 7) is 1.27. The molecular weight excluding hydrogens is 516 g/mol. The van der Waals surface area contributed by atoms with Gasteiger partial charge in [-0.05, 0) is 29.3 Å². The van der Waals surface area contributed by atoms with Crippen molar-refractivity contribution in [2.75, 3.05) is 5.32 Å². The number of fused-ring (bicyclic) bond motifs is 1. The van der Waals surface area contributed by atoms with Gasteiger partial charge in [-0.1, -0.05) is 36.4 Å². The van der Waals surface area contributed by atoms with E-state index in [2.05, 4.69) is 15.6 Å². The average Bonchev–Trinajstić information content (AvgIpc) is 3.21. The van der Waals surface area contributed by atoms with Gasteiger partial charge in [0.15, 0.2) is 11.5 Å². The minimum atomic E-state index is -4.77. The summed E-state index contributed by atoms with van der Waals surface area (Å²) in [5.74, 6) is -1.63. The molecule has 0 aliphatic heterocycles. The Bertz CT molecular complexity index is 1510. The number of carbonyl (C=O) groups is 2. The first kappa shape index (κ1) is 26.7. The van der Waals surface area contributed by atoms with E-state index in [-0.39, 0.29) is 45.9 Å². The van der Waals surface area contributed by atoms with Crippen LogP contribution in [0.4, 0.5) is 32.0 Å². The largest absolute Gasteiger partial charge is 0.441 e. The van der Waals surface area contributed by atoms with E-state index in [0.717, 1.165) is 18.2 Å². The summed E-state index contributed by atoms with van der Waals surface area (Å²) in [5, 5.41) is 4.88. The van der Waals surface area contributed by atoms with Gasteiger partial charge in [-0.15, -0.1) is 0 Å². The highest BCUT2D eigenvalue weighted by molar-refractivity contribution is 6.09. The van der Waals surface area contributed by atoms with Crippen LogP contribution in [0.25, 0.3) is 11.1 Å². The Labute approximate surface area is 211 Å². The number of amides is 2. The maximum absolute atomic E-state index is 13.4. The van der Waals surface area contributed by atoms with Gasteiger partial charge in [0.25, 0.3) is 11.8 Å². The van der Waals surface area contributed by atoms with E-state index >= 15 is 0 Å². The molecular formula is C26H19F6N3O3. The molecule has 3 aromatic carbocycles. The summed E-state index contributed by atoms with van der Waals surface area (Å²) >= 11 is 0. The van der Waals surface area contributed by atoms with Gasteiger partial charge in [-0.25, -0.2) is 4.98 Å². The standard InChI is InChI=1S/C26H19F6N3O3/c1-14-34-22-19(23(36)33-13-16-7-3-2-6-15(16)12-25(27,28)29)10-17(11-21(22)38-14)35-24(37)18-8-4-5-9-20(18)26(30,31)32/h2-11H,12-13H2,1H3,(H,33,36)(H,35,37). The number of nitrogens with zero attached hydrogens (tertiary/aromatic N) is 1. The van der Waals surface area contributed by atoms with Crippen LogP contribution >= 0.6 is 0 Å². The lowest BCUT2D eigenvalue weighted by Crippen LogP contribution is -2.25. The fourth-order valence-corrected chi connectivity index (χ4v) is 3.90. The molecule has 38 heavy (non-hydrogen) atoms. The van der Waals surface area contributed by atoms with Gasteiger partial charge < -0.3 is 15.1 Å². The maximum atomic E-state index is 13.4. The van der Waals surface area contributed by atoms with Crippen LogP contribution in [0.1, 0.15) is 43.3 Å². The third-order valence-electron chi connectivity index (χ3n) is 5.53. The monoisotopic (exact) mass is 535 g/mol. The van der Waals surface area contributed by atoms with Crippen molar-refractivity contribution in [3.8, 4) is 0 Å². The van der Waals surface area contributed by atoms with Crippen LogP contribution in [0, 0.1) is 6.92 Å². The molecule has 0 saturated carbocycles. The van der Waals surface area contributed by atoms with E-state index in [0.29, 0.717) is 0 Å². The number of alkyl halides is 6. The highest BCUT2D eigenvalue weighted by Gasteiger charge is 2.35. The summed E-state index contributed by atoms with van der Waals surface area (Å²) in [7, 11) is 0. The summed E-state index contributed by atoms with van der Waals surface area (Å²) < 4.78 is 84.3. The molecule has 0 fully saturated rings. The molecule has 0 spiro atoms. The number of aryl methyl sites for hydroxylation is 1. The second-order valence-corrected chi connectivity index (χ2v) is 8.34. The molecule has 0 bridgehead atoms. The van der Waals surface area contributed by atoms with E-state index in [1.54, 1.807) is 0 Å². The number of carbonyl (C=O) groups excluding carboxylic acids is 2. The molecule has 4 rings (SSSR count). The molecule has 12 heteroatoms. The fraction of sp³-hybridized carbons (Fsp3) is 0.192. The number of rotatable bonds is 6. The van der Waals surface area contributed by atoms with Gasteiger partial charge in [0.1, 0.15) is 5.52 Å². The van der Waals surface area contributed by atoms with Crippen LogP contribution in [0.2, 0.25) is 0 Å². The molecule has 198 valence electrons. The molecule has 0 radical (unpaired) electrons. The number of hydrogen-bond acceptors (Lipinski definition) is 4. The predicted octanol–water partition coefficient (Wildman–Crippen LogP) is 6.44. The number of nitrogens with one attached hydrogen (secondary N) is 2. The third kappa shape index (κ3) is 6.13. The Balaban J connectivity index is 1.62. The number of aromatic nitrogens is 1. The predicted molar refractivity (Wildman–Crippen MR) is 126 cm³/mol. The molecule has 0 aliphatic rings. The van der Waals surface area contributed by atoms with Crippen molar-refractivity contribution in [2.45, 2.75) is 32.2 Å². The van der Waals surface area contributed by atoms with Crippen molar-refractivity contribution in [3.05, 3.63) is 94.4 Å². The third-order valence-corrected chi connectivity index (χ3v) is 5.53. The number of halogens is 6. The fourth-order valence-electron chi connectivity index (χ4n) is 3.90. The van der Waals surface area contributed by atoms with Crippen LogP contribution < -0.4 is 10.6 Å². The van der Waals surface area contributed by atoms with E-state index < -0.39 is 41.7 Å². The molecule has 1 heterocycles. The zero-order chi connectivity index (χ0) is 27.7. The molecule has 2 amide bonds. The van der Waals surface area contributed by atoms with Crippen molar-refractivity contribution in [2.24, 2.45) is 0 Å². The topological polar surface area (TPSA) is 84.2 Å². The summed E-state index contributed by atoms with van der Waals surface area (Å²) in [6.07, 6.45) is -10.4. The van der Waals surface area contributed by atoms with E-state index in [1.807, 2.05) is 0 Å². The van der Waals surface area contributed by atoms with Crippen molar-refractivity contribution in [1.29, 1.82) is 0 Å². The smallest absolute Gasteiger partial charge is 0.417 e. The number of hydrogen-bond donors (Lipinski definition) is 2. The minimum absolute atomic E-state index is 0.00734. The van der Waals surface area contributed by atoms with Crippen molar-refractivity contribution < 1.29 is 40.3 Å². The first-order chi connectivity index (χ1) is 17.8. The van der Waals surface area contributed by atoms with Gasteiger partial charge in [0.2, 0.25) is 0 Å². The lowest BCUT2D eigenvalue weighted by Gasteiger charge is -2.14. The highest BCUT2D eigenvalue weighted by atomic mass is 19.4. The van der Waals surface area contributed by atoms with Gasteiger partial charge in [0, 0.05) is 25.2 Å². The van der Waals surface area contributed by atoms with Crippen molar-refractivity contribution in [3.63, 3.8) is 0 Å². The second-order valence-electron chi connectivity index (χ2n) is 8.34. The molecule has 0 atom stereocenters. The first-order valence-electron chi connectivity index (χ1n) is 11.1. The zero-order valence-electron chi connectivity index (χ0n) is 19.6. The lowest BCUT2D eigenvalue weighted by molar-refractivity contribution is -0.138. The average molecular weight is 535 g/mol. The van der Waals surface area contributed by atoms with Crippen LogP contribution in [-0.2, 0) is 19.1 Å². The summed E-state index contributed by atoms with van der Waals surface area (Å²) in [6, 6.07) is 12.5. The van der Waals surface area contributed by atoms with Crippen LogP contribution in [0.15, 0.2) is 65.1 Å². The molecule has 4 aromatic rings. The number of oxazole rings is 1. The zero-order valence-corrected chi connectivity index (χ0v) is 19.6. The molecule has 0 unspecified atom stereocenters. The van der Waals surface area contributed by atoms with E-state index in [9.17, 15) is 35.9 Å². The van der Waals surface area contributed by atoms with Gasteiger partial charge in [0.05, 0.1) is 23.1 Å². The van der Waals surface area contributed by atoms with E-state index in [4.69, 9.17) is 4.42 Å². The van der Waals surface area contributed by atoms with Crippen LogP contribution in [0.3, 0.4) is 0 Å². The maximum Gasteiger partial charge on any atom is 0.417 e. The summed E-state index contributed by atoms with van der Waals surface area (Å²) in [5.41, 5.74) is -1.47. The Morgan fingerprint density at radius 1 is 0.868 bits per heavy atom. The van der Waals surface area contributed by atoms with Crippen LogP contribution in [-0.4, -0.2) is 23.0 Å². The van der Waals surface area contributed by atoms with Crippen molar-refractivity contribution >= 4 is 28.6 Å². The van der Waals surface area contributed by atoms with Gasteiger partial charge in [-0.2, -0.15) is 26.3 Å². The molecule has 0 aliphatic carbocycles. The quantitative estimate of drug-likeness (QED) is 0.278. The molecule has 1 aromatic heterocycles. The lowest BCUT2D eigenvalue weighted by atomic mass is 10.0. The number of benzene rings is 3. The Hall–Kier alpha value is -4.35. The first-order valence-corrected chi connectivity index (χ1v) is 11.1. The van der Waals surface area contributed by atoms with Gasteiger partial charge >= 0.3 is 12.4 Å². The molecule has 6 nitrogen and oxygen atoms in total. The molecule has 2 N–H and O–H groups in total. The SMILES string of the molecule is Cc1nc2c(C(=O)NCc3ccccc3CC(F)(F)F)cc(NC(=O)c3ccccc3C(F)(F)F)cc2o1. The minimum Gasteiger partial charge on any atom is -0.441 e. The highest BCUT2D eigenvalue weighted by Crippen LogP contribution is 2.33. The molecule has 0 saturated heterocycles. The second kappa shape index (κ2) is 10.2. The van der Waals surface area contributed by atoms with Gasteiger partial charge in [-0.3, -0.25) is 9.59 Å². The normalized spacial score (nSPS) is 12.0. The van der Waals surface area contributed by atoms with Crippen LogP contribution in [0.5, 0.6) is 0 Å². The summed E-state index contributed by atoms with van der Waals surface area (Å²) in [4.78, 5) is 29.9. The Morgan fingerprint density at radius 3 is 2.21 bits per heavy atom.